The van der Waals surface area contributed by atoms with Crippen LogP contribution < -0.4 is 10.6 Å². The Bertz CT molecular complexity index is 535. The van der Waals surface area contributed by atoms with E-state index in [1.165, 1.54) is 18.2 Å². The van der Waals surface area contributed by atoms with Crippen LogP contribution in [0.15, 0.2) is 18.2 Å². The second-order valence-corrected chi connectivity index (χ2v) is 5.17. The number of halogens is 3. The van der Waals surface area contributed by atoms with Crippen LogP contribution in [0.1, 0.15) is 15.9 Å². The molecule has 1 rings (SSSR count). The molecule has 1 aromatic carbocycles. The third-order valence-corrected chi connectivity index (χ3v) is 3.10. The Morgan fingerprint density at radius 1 is 1.33 bits per heavy atom. The Hall–Kier alpha value is -1.90. The van der Waals surface area contributed by atoms with Crippen molar-refractivity contribution in [2.75, 3.05) is 17.6 Å². The highest BCUT2D eigenvalue weighted by molar-refractivity contribution is 8.00. The van der Waals surface area contributed by atoms with Crippen LogP contribution in [-0.4, -0.2) is 34.9 Å². The van der Waals surface area contributed by atoms with Gasteiger partial charge in [-0.1, -0.05) is 0 Å². The molecule has 21 heavy (non-hydrogen) atoms. The Balaban J connectivity index is 2.45. The predicted octanol–water partition coefficient (Wildman–Crippen LogP) is 3.07. The van der Waals surface area contributed by atoms with Gasteiger partial charge in [-0.15, -0.1) is 0 Å². The number of alkyl halides is 3. The number of hydrogen-bond donors (Lipinski definition) is 3. The van der Waals surface area contributed by atoms with Crippen molar-refractivity contribution in [1.82, 2.24) is 5.32 Å². The highest BCUT2D eigenvalue weighted by Gasteiger charge is 2.27. The first-order valence-electron chi connectivity index (χ1n) is 5.78. The van der Waals surface area contributed by atoms with Crippen molar-refractivity contribution in [3.05, 3.63) is 29.3 Å². The number of carbonyl (C=O) groups is 2. The molecule has 0 unspecified atom stereocenters. The molecule has 0 radical (unpaired) electrons. The number of aryl methyl sites for hydroxylation is 1. The quantitative estimate of drug-likeness (QED) is 0.728. The van der Waals surface area contributed by atoms with Crippen LogP contribution in [0, 0.1) is 6.92 Å². The van der Waals surface area contributed by atoms with Crippen molar-refractivity contribution in [3.63, 3.8) is 0 Å². The molecule has 116 valence electrons. The van der Waals surface area contributed by atoms with Crippen molar-refractivity contribution >= 4 is 29.4 Å². The topological polar surface area (TPSA) is 78.4 Å². The van der Waals surface area contributed by atoms with Gasteiger partial charge >= 0.3 is 17.5 Å². The molecule has 2 amide bonds. The van der Waals surface area contributed by atoms with E-state index in [2.05, 4.69) is 10.6 Å². The maximum atomic E-state index is 11.9. The summed E-state index contributed by atoms with van der Waals surface area (Å²) in [6, 6.07) is 3.56. The van der Waals surface area contributed by atoms with Crippen molar-refractivity contribution in [2.45, 2.75) is 12.4 Å². The summed E-state index contributed by atoms with van der Waals surface area (Å²) < 4.78 is 35.6. The molecule has 0 atom stereocenters. The third kappa shape index (κ3) is 6.39. The number of benzene rings is 1. The number of carbonyl (C=O) groups excluding carboxylic acids is 1. The molecular weight excluding hydrogens is 309 g/mol. The van der Waals surface area contributed by atoms with E-state index in [0.717, 1.165) is 0 Å². The van der Waals surface area contributed by atoms with Crippen molar-refractivity contribution < 1.29 is 27.9 Å². The lowest BCUT2D eigenvalue weighted by Gasteiger charge is -2.10. The minimum Gasteiger partial charge on any atom is -0.478 e. The third-order valence-electron chi connectivity index (χ3n) is 2.37. The molecule has 3 N–H and O–H groups in total. The summed E-state index contributed by atoms with van der Waals surface area (Å²) in [4.78, 5) is 22.3. The predicted molar refractivity (Wildman–Crippen MR) is 73.7 cm³/mol. The van der Waals surface area contributed by atoms with Gasteiger partial charge in [-0.05, 0) is 42.4 Å². The molecule has 9 heteroatoms. The summed E-state index contributed by atoms with van der Waals surface area (Å²) in [6.45, 7) is 1.44. The zero-order valence-corrected chi connectivity index (χ0v) is 11.8. The minimum absolute atomic E-state index is 0.113. The van der Waals surface area contributed by atoms with E-state index in [1.807, 2.05) is 0 Å². The summed E-state index contributed by atoms with van der Waals surface area (Å²) in [7, 11) is 0. The average Bonchev–Trinajstić information content (AvgIpc) is 2.33. The van der Waals surface area contributed by atoms with Gasteiger partial charge < -0.3 is 15.7 Å². The van der Waals surface area contributed by atoms with E-state index in [0.29, 0.717) is 11.3 Å². The van der Waals surface area contributed by atoms with E-state index < -0.39 is 17.5 Å². The van der Waals surface area contributed by atoms with Crippen LogP contribution in [0.3, 0.4) is 0 Å². The SMILES string of the molecule is Cc1cc(NC(=O)NCCSC(F)(F)F)ccc1C(=O)O. The molecule has 0 heterocycles. The van der Waals surface area contributed by atoms with Gasteiger partial charge in [0.15, 0.2) is 0 Å². The molecule has 5 nitrogen and oxygen atoms in total. The zero-order chi connectivity index (χ0) is 16.0. The van der Waals surface area contributed by atoms with Gasteiger partial charge in [0.25, 0.3) is 0 Å². The highest BCUT2D eigenvalue weighted by atomic mass is 32.2. The van der Waals surface area contributed by atoms with Gasteiger partial charge in [0, 0.05) is 18.0 Å². The van der Waals surface area contributed by atoms with Gasteiger partial charge in [-0.2, -0.15) is 13.2 Å². The van der Waals surface area contributed by atoms with Crippen LogP contribution >= 0.6 is 11.8 Å². The normalized spacial score (nSPS) is 11.0. The largest absolute Gasteiger partial charge is 0.478 e. The molecule has 0 aromatic heterocycles. The van der Waals surface area contributed by atoms with Gasteiger partial charge in [0.1, 0.15) is 0 Å². The van der Waals surface area contributed by atoms with Gasteiger partial charge in [-0.3, -0.25) is 0 Å². The molecule has 0 saturated heterocycles. The minimum atomic E-state index is -4.32. The number of hydrogen-bond acceptors (Lipinski definition) is 3. The van der Waals surface area contributed by atoms with E-state index in [-0.39, 0.29) is 29.6 Å². The first kappa shape index (κ1) is 17.2. The number of nitrogens with one attached hydrogen (secondary N) is 2. The van der Waals surface area contributed by atoms with Crippen LogP contribution in [0.5, 0.6) is 0 Å². The first-order chi connectivity index (χ1) is 9.69. The lowest BCUT2D eigenvalue weighted by atomic mass is 10.1. The molecule has 0 bridgehead atoms. The molecule has 0 aliphatic heterocycles. The standard InChI is InChI=1S/C12H13F3N2O3S/c1-7-6-8(2-3-9(7)10(18)19)17-11(20)16-4-5-21-12(13,14)15/h2-3,6H,4-5H2,1H3,(H,18,19)(H2,16,17,20). The summed E-state index contributed by atoms with van der Waals surface area (Å²) >= 11 is -0.218. The fraction of sp³-hybridized carbons (Fsp3) is 0.333. The Kier molecular flexibility index (Phi) is 5.89. The number of urea groups is 1. The summed E-state index contributed by atoms with van der Waals surface area (Å²) in [5.74, 6) is -1.36. The van der Waals surface area contributed by atoms with Crippen LogP contribution in [-0.2, 0) is 0 Å². The number of rotatable bonds is 5. The second kappa shape index (κ2) is 7.21. The van der Waals surface area contributed by atoms with Crippen LogP contribution in [0.4, 0.5) is 23.7 Å². The smallest absolute Gasteiger partial charge is 0.441 e. The number of carboxylic acids is 1. The van der Waals surface area contributed by atoms with E-state index in [4.69, 9.17) is 5.11 Å². The maximum absolute atomic E-state index is 11.9. The van der Waals surface area contributed by atoms with E-state index >= 15 is 0 Å². The molecule has 0 aliphatic carbocycles. The number of anilines is 1. The molecule has 1 aromatic rings. The van der Waals surface area contributed by atoms with Crippen LogP contribution in [0.25, 0.3) is 0 Å². The molecule has 0 spiro atoms. The second-order valence-electron chi connectivity index (χ2n) is 4.01. The Labute approximate surface area is 122 Å². The van der Waals surface area contributed by atoms with Crippen molar-refractivity contribution in [2.24, 2.45) is 0 Å². The number of amides is 2. The lowest BCUT2D eigenvalue weighted by molar-refractivity contribution is -0.0327. The number of carboxylic acid groups (broad SMARTS) is 1. The zero-order valence-electron chi connectivity index (χ0n) is 11.0. The summed E-state index contributed by atoms with van der Waals surface area (Å²) in [6.07, 6.45) is 0. The molecule has 0 saturated carbocycles. The average molecular weight is 322 g/mol. The Morgan fingerprint density at radius 3 is 2.52 bits per heavy atom. The van der Waals surface area contributed by atoms with Crippen molar-refractivity contribution in [1.29, 1.82) is 0 Å². The van der Waals surface area contributed by atoms with Gasteiger partial charge in [0.05, 0.1) is 5.56 Å². The number of aromatic carboxylic acids is 1. The van der Waals surface area contributed by atoms with Gasteiger partial charge in [0.2, 0.25) is 0 Å². The first-order valence-corrected chi connectivity index (χ1v) is 6.77. The fourth-order valence-corrected chi connectivity index (χ4v) is 1.92. The molecule has 0 aliphatic rings. The van der Waals surface area contributed by atoms with Gasteiger partial charge in [-0.25, -0.2) is 9.59 Å². The molecule has 0 fully saturated rings. The fourth-order valence-electron chi connectivity index (χ4n) is 1.49. The van der Waals surface area contributed by atoms with E-state index in [1.54, 1.807) is 6.92 Å². The summed E-state index contributed by atoms with van der Waals surface area (Å²) in [5, 5.41) is 13.5. The highest BCUT2D eigenvalue weighted by Crippen LogP contribution is 2.29. The maximum Gasteiger partial charge on any atom is 0.441 e. The monoisotopic (exact) mass is 322 g/mol. The Morgan fingerprint density at radius 2 is 2.00 bits per heavy atom. The molecular formula is C12H13F3N2O3S. The number of thioether (sulfide) groups is 1. The summed E-state index contributed by atoms with van der Waals surface area (Å²) in [5.41, 5.74) is -3.38. The van der Waals surface area contributed by atoms with Crippen molar-refractivity contribution in [3.8, 4) is 0 Å². The van der Waals surface area contributed by atoms with Crippen LogP contribution in [0.2, 0.25) is 0 Å². The van der Waals surface area contributed by atoms with E-state index in [9.17, 15) is 22.8 Å². The lowest BCUT2D eigenvalue weighted by Crippen LogP contribution is -2.31.